The van der Waals surface area contributed by atoms with Crippen molar-refractivity contribution in [3.63, 3.8) is 0 Å². The lowest BCUT2D eigenvalue weighted by atomic mass is 10.2. The van der Waals surface area contributed by atoms with Gasteiger partial charge >= 0.3 is 0 Å². The molecule has 0 radical (unpaired) electrons. The van der Waals surface area contributed by atoms with Crippen LogP contribution >= 0.6 is 11.3 Å². The standard InChI is InChI=1S/C17H21N3O4S2/c1-24-17-13(6-5-8-18-17)12-19-16(21)15-14(7-11-25-15)26(22,23)20-9-3-2-4-10-20/h5-8,11H,2-4,9-10,12H2,1H3,(H,19,21). The molecule has 1 aliphatic heterocycles. The highest BCUT2D eigenvalue weighted by Gasteiger charge is 2.30. The van der Waals surface area contributed by atoms with Gasteiger partial charge in [-0.1, -0.05) is 12.5 Å². The zero-order chi connectivity index (χ0) is 18.6. The van der Waals surface area contributed by atoms with Gasteiger partial charge in [-0.3, -0.25) is 4.79 Å². The Morgan fingerprint density at radius 1 is 1.31 bits per heavy atom. The molecule has 140 valence electrons. The van der Waals surface area contributed by atoms with Crippen LogP contribution in [0.2, 0.25) is 0 Å². The molecule has 0 saturated carbocycles. The molecule has 2 aromatic heterocycles. The second-order valence-electron chi connectivity index (χ2n) is 5.93. The molecule has 0 aliphatic carbocycles. The summed E-state index contributed by atoms with van der Waals surface area (Å²) in [6, 6.07) is 5.06. The smallest absolute Gasteiger partial charge is 0.263 e. The fourth-order valence-electron chi connectivity index (χ4n) is 2.91. The van der Waals surface area contributed by atoms with Crippen LogP contribution in [0.3, 0.4) is 0 Å². The number of nitrogens with zero attached hydrogens (tertiary/aromatic N) is 2. The van der Waals surface area contributed by atoms with Crippen molar-refractivity contribution in [2.75, 3.05) is 20.2 Å². The zero-order valence-corrected chi connectivity index (χ0v) is 16.1. The molecule has 0 spiro atoms. The summed E-state index contributed by atoms with van der Waals surface area (Å²) in [6.45, 7) is 1.22. The molecule has 0 atom stereocenters. The normalized spacial score (nSPS) is 15.6. The maximum absolute atomic E-state index is 12.9. The van der Waals surface area contributed by atoms with Crippen molar-refractivity contribution in [2.24, 2.45) is 0 Å². The van der Waals surface area contributed by atoms with Crippen LogP contribution < -0.4 is 10.1 Å². The summed E-state index contributed by atoms with van der Waals surface area (Å²) in [7, 11) is -2.13. The Morgan fingerprint density at radius 3 is 2.81 bits per heavy atom. The number of ether oxygens (including phenoxy) is 1. The molecule has 1 saturated heterocycles. The molecule has 1 N–H and O–H groups in total. The summed E-state index contributed by atoms with van der Waals surface area (Å²) in [4.78, 5) is 17.0. The van der Waals surface area contributed by atoms with E-state index in [9.17, 15) is 13.2 Å². The second kappa shape index (κ2) is 8.15. The van der Waals surface area contributed by atoms with Crippen LogP contribution in [0.25, 0.3) is 0 Å². The summed E-state index contributed by atoms with van der Waals surface area (Å²) in [5.74, 6) is 0.0154. The van der Waals surface area contributed by atoms with E-state index in [0.717, 1.165) is 36.2 Å². The van der Waals surface area contributed by atoms with Gasteiger partial charge in [-0.25, -0.2) is 13.4 Å². The number of nitrogens with one attached hydrogen (secondary N) is 1. The number of carbonyl (C=O) groups excluding carboxylic acids is 1. The van der Waals surface area contributed by atoms with Gasteiger partial charge in [0.15, 0.2) is 0 Å². The van der Waals surface area contributed by atoms with Gasteiger partial charge in [-0.05, 0) is 30.4 Å². The number of thiophene rings is 1. The number of piperidine rings is 1. The van der Waals surface area contributed by atoms with Crippen molar-refractivity contribution in [1.82, 2.24) is 14.6 Å². The maximum Gasteiger partial charge on any atom is 0.263 e. The van der Waals surface area contributed by atoms with E-state index in [-0.39, 0.29) is 16.3 Å². The number of hydrogen-bond acceptors (Lipinski definition) is 6. The van der Waals surface area contributed by atoms with E-state index < -0.39 is 15.9 Å². The maximum atomic E-state index is 12.9. The van der Waals surface area contributed by atoms with E-state index in [4.69, 9.17) is 4.74 Å². The first-order valence-corrected chi connectivity index (χ1v) is 10.7. The minimum atomic E-state index is -3.64. The first-order chi connectivity index (χ1) is 12.5. The van der Waals surface area contributed by atoms with Crippen molar-refractivity contribution in [1.29, 1.82) is 0 Å². The monoisotopic (exact) mass is 395 g/mol. The van der Waals surface area contributed by atoms with Crippen LogP contribution in [0.4, 0.5) is 0 Å². The molecular formula is C17H21N3O4S2. The molecule has 2 aromatic rings. The van der Waals surface area contributed by atoms with Gasteiger partial charge in [-0.2, -0.15) is 4.31 Å². The molecule has 0 aromatic carbocycles. The second-order valence-corrected chi connectivity index (χ2v) is 8.76. The molecule has 26 heavy (non-hydrogen) atoms. The Morgan fingerprint density at radius 2 is 2.08 bits per heavy atom. The van der Waals surface area contributed by atoms with Crippen molar-refractivity contribution < 1.29 is 17.9 Å². The molecule has 1 amide bonds. The van der Waals surface area contributed by atoms with E-state index in [1.165, 1.54) is 17.5 Å². The topological polar surface area (TPSA) is 88.6 Å². The molecular weight excluding hydrogens is 374 g/mol. The predicted molar refractivity (Wildman–Crippen MR) is 98.9 cm³/mol. The fourth-order valence-corrected chi connectivity index (χ4v) is 5.74. The lowest BCUT2D eigenvalue weighted by Crippen LogP contribution is -2.36. The van der Waals surface area contributed by atoms with E-state index in [2.05, 4.69) is 10.3 Å². The minimum absolute atomic E-state index is 0.0834. The Balaban J connectivity index is 1.76. The van der Waals surface area contributed by atoms with Gasteiger partial charge in [0.25, 0.3) is 5.91 Å². The Bertz CT molecular complexity index is 874. The lowest BCUT2D eigenvalue weighted by Gasteiger charge is -2.25. The summed E-state index contributed by atoms with van der Waals surface area (Å²) in [6.07, 6.45) is 4.35. The first kappa shape index (κ1) is 18.8. The number of aromatic nitrogens is 1. The molecule has 1 fully saturated rings. The third kappa shape index (κ3) is 3.89. The van der Waals surface area contributed by atoms with E-state index in [0.29, 0.717) is 19.0 Å². The molecule has 7 nitrogen and oxygen atoms in total. The van der Waals surface area contributed by atoms with Gasteiger partial charge in [-0.15, -0.1) is 11.3 Å². The van der Waals surface area contributed by atoms with Gasteiger partial charge in [0, 0.05) is 31.4 Å². The van der Waals surface area contributed by atoms with Crippen LogP contribution in [0.15, 0.2) is 34.7 Å². The number of pyridine rings is 1. The van der Waals surface area contributed by atoms with Crippen LogP contribution in [-0.4, -0.2) is 43.8 Å². The van der Waals surface area contributed by atoms with E-state index in [1.807, 2.05) is 0 Å². The van der Waals surface area contributed by atoms with Gasteiger partial charge < -0.3 is 10.1 Å². The molecule has 1 aliphatic rings. The third-order valence-electron chi connectivity index (χ3n) is 4.25. The fraction of sp³-hybridized carbons (Fsp3) is 0.412. The highest BCUT2D eigenvalue weighted by Crippen LogP contribution is 2.27. The number of hydrogen-bond donors (Lipinski definition) is 1. The van der Waals surface area contributed by atoms with E-state index in [1.54, 1.807) is 23.7 Å². The minimum Gasteiger partial charge on any atom is -0.481 e. The number of methoxy groups -OCH3 is 1. The van der Waals surface area contributed by atoms with Crippen LogP contribution in [0, 0.1) is 0 Å². The summed E-state index contributed by atoms with van der Waals surface area (Å²) in [5.41, 5.74) is 0.723. The molecule has 9 heteroatoms. The zero-order valence-electron chi connectivity index (χ0n) is 14.5. The van der Waals surface area contributed by atoms with Crippen LogP contribution in [0.1, 0.15) is 34.5 Å². The highest BCUT2D eigenvalue weighted by atomic mass is 32.2. The summed E-state index contributed by atoms with van der Waals surface area (Å²) >= 11 is 1.13. The average molecular weight is 396 g/mol. The quantitative estimate of drug-likeness (QED) is 0.810. The number of sulfonamides is 1. The Hall–Kier alpha value is -1.97. The van der Waals surface area contributed by atoms with Gasteiger partial charge in [0.1, 0.15) is 9.77 Å². The number of amides is 1. The van der Waals surface area contributed by atoms with Crippen molar-refractivity contribution in [3.05, 3.63) is 40.2 Å². The Labute approximate surface area is 157 Å². The molecule has 3 rings (SSSR count). The number of carbonyl (C=O) groups is 1. The largest absolute Gasteiger partial charge is 0.481 e. The predicted octanol–water partition coefficient (Wildman–Crippen LogP) is 2.26. The lowest BCUT2D eigenvalue weighted by molar-refractivity contribution is 0.0951. The SMILES string of the molecule is COc1ncccc1CNC(=O)c1sccc1S(=O)(=O)N1CCCCC1. The molecule has 0 bridgehead atoms. The van der Waals surface area contributed by atoms with Crippen LogP contribution in [-0.2, 0) is 16.6 Å². The molecule has 0 unspecified atom stereocenters. The van der Waals surface area contributed by atoms with Gasteiger partial charge in [0.05, 0.1) is 7.11 Å². The van der Waals surface area contributed by atoms with Gasteiger partial charge in [0.2, 0.25) is 15.9 Å². The van der Waals surface area contributed by atoms with E-state index >= 15 is 0 Å². The van der Waals surface area contributed by atoms with Crippen LogP contribution in [0.5, 0.6) is 5.88 Å². The average Bonchev–Trinajstić information content (AvgIpc) is 3.18. The summed E-state index contributed by atoms with van der Waals surface area (Å²) < 4.78 is 32.4. The Kier molecular flexibility index (Phi) is 5.90. The highest BCUT2D eigenvalue weighted by molar-refractivity contribution is 7.89. The molecule has 3 heterocycles. The number of rotatable bonds is 6. The van der Waals surface area contributed by atoms with Crippen molar-refractivity contribution >= 4 is 27.3 Å². The summed E-state index contributed by atoms with van der Waals surface area (Å²) in [5, 5.41) is 4.40. The first-order valence-electron chi connectivity index (χ1n) is 8.38. The third-order valence-corrected chi connectivity index (χ3v) is 7.23. The van der Waals surface area contributed by atoms with Crippen molar-refractivity contribution in [3.8, 4) is 5.88 Å². The van der Waals surface area contributed by atoms with Crippen molar-refractivity contribution in [2.45, 2.75) is 30.7 Å².